The molecule has 7 aromatic rings. The van der Waals surface area contributed by atoms with Crippen LogP contribution in [-0.4, -0.2) is 15.0 Å². The van der Waals surface area contributed by atoms with Gasteiger partial charge in [-0.15, -0.1) is 0 Å². The second kappa shape index (κ2) is 8.40. The van der Waals surface area contributed by atoms with Crippen LogP contribution < -0.4 is 0 Å². The van der Waals surface area contributed by atoms with Crippen LogP contribution in [0.15, 0.2) is 128 Å². The molecule has 2 aromatic heterocycles. The maximum Gasteiger partial charge on any atom is 0.161 e. The Labute approximate surface area is 208 Å². The first-order chi connectivity index (χ1) is 17.8. The van der Waals surface area contributed by atoms with Gasteiger partial charge in [-0.25, -0.2) is 9.97 Å². The molecule has 0 unspecified atom stereocenters. The van der Waals surface area contributed by atoms with Gasteiger partial charge in [0.25, 0.3) is 0 Å². The van der Waals surface area contributed by atoms with Gasteiger partial charge in [0.2, 0.25) is 0 Å². The normalized spacial score (nSPS) is 11.3. The number of rotatable bonds is 3. The van der Waals surface area contributed by atoms with E-state index in [1.807, 2.05) is 24.5 Å². The zero-order valence-corrected chi connectivity index (χ0v) is 19.5. The zero-order valence-electron chi connectivity index (χ0n) is 19.5. The predicted molar refractivity (Wildman–Crippen MR) is 149 cm³/mol. The quantitative estimate of drug-likeness (QED) is 0.267. The van der Waals surface area contributed by atoms with Crippen LogP contribution in [0.4, 0.5) is 0 Å². The largest absolute Gasteiger partial charge is 0.264 e. The Balaban J connectivity index is 1.40. The van der Waals surface area contributed by atoms with Crippen molar-refractivity contribution in [1.82, 2.24) is 15.0 Å². The highest BCUT2D eigenvalue weighted by molar-refractivity contribution is 5.99. The molecule has 0 saturated heterocycles. The second-order valence-electron chi connectivity index (χ2n) is 8.92. The number of para-hydroxylation sites is 1. The van der Waals surface area contributed by atoms with E-state index in [-0.39, 0.29) is 0 Å². The molecule has 3 nitrogen and oxygen atoms in total. The monoisotopic (exact) mass is 459 g/mol. The molecule has 0 aliphatic carbocycles. The first-order valence-electron chi connectivity index (χ1n) is 12.0. The van der Waals surface area contributed by atoms with Crippen molar-refractivity contribution in [3.05, 3.63) is 128 Å². The molecule has 0 saturated carbocycles. The summed E-state index contributed by atoms with van der Waals surface area (Å²) in [6.45, 7) is 0. The molecule has 0 radical (unpaired) electrons. The molecule has 0 atom stereocenters. The van der Waals surface area contributed by atoms with Crippen LogP contribution in [0.2, 0.25) is 0 Å². The molecular weight excluding hydrogens is 438 g/mol. The highest BCUT2D eigenvalue weighted by atomic mass is 14.9. The molecule has 0 aliphatic heterocycles. The Morgan fingerprint density at radius 3 is 1.97 bits per heavy atom. The Kier molecular flexibility index (Phi) is 4.78. The van der Waals surface area contributed by atoms with Gasteiger partial charge < -0.3 is 0 Å². The van der Waals surface area contributed by atoms with Gasteiger partial charge in [-0.1, -0.05) is 103 Å². The van der Waals surface area contributed by atoms with E-state index in [9.17, 15) is 0 Å². The summed E-state index contributed by atoms with van der Waals surface area (Å²) in [7, 11) is 0. The third-order valence-corrected chi connectivity index (χ3v) is 6.79. The SMILES string of the molecule is c1cc(-c2ccc(-c3nc(-c4cccc5ccccc45)nc4ccccc34)cc2)c2cnccc2c1. The lowest BCUT2D eigenvalue weighted by molar-refractivity contribution is 1.23. The van der Waals surface area contributed by atoms with E-state index in [4.69, 9.17) is 9.97 Å². The standard InChI is InChI=1S/C33H21N3/c1-2-10-26-22(7-1)8-6-13-28(26)33-35-31-14-4-3-11-29(31)32(36-33)25-17-15-24(16-18-25)27-12-5-9-23-19-20-34-21-30(23)27/h1-21H. The van der Waals surface area contributed by atoms with Crippen molar-refractivity contribution in [2.24, 2.45) is 0 Å². The fraction of sp³-hybridized carbons (Fsp3) is 0. The van der Waals surface area contributed by atoms with Crippen molar-refractivity contribution in [2.75, 3.05) is 0 Å². The summed E-state index contributed by atoms with van der Waals surface area (Å²) in [5.74, 6) is 0.740. The Hall–Kier alpha value is -4.89. The van der Waals surface area contributed by atoms with Crippen LogP contribution in [0.5, 0.6) is 0 Å². The highest BCUT2D eigenvalue weighted by Gasteiger charge is 2.13. The van der Waals surface area contributed by atoms with Crippen molar-refractivity contribution in [3.63, 3.8) is 0 Å². The van der Waals surface area contributed by atoms with E-state index in [1.54, 1.807) is 0 Å². The number of hydrogen-bond donors (Lipinski definition) is 0. The molecule has 0 spiro atoms. The smallest absolute Gasteiger partial charge is 0.161 e. The van der Waals surface area contributed by atoms with E-state index in [0.717, 1.165) is 49.9 Å². The number of nitrogens with zero attached hydrogens (tertiary/aromatic N) is 3. The molecule has 0 fully saturated rings. The number of benzene rings is 5. The van der Waals surface area contributed by atoms with Crippen molar-refractivity contribution in [1.29, 1.82) is 0 Å². The summed E-state index contributed by atoms with van der Waals surface area (Å²) in [6.07, 6.45) is 3.77. The fourth-order valence-corrected chi connectivity index (χ4v) is 5.01. The van der Waals surface area contributed by atoms with Crippen LogP contribution in [0, 0.1) is 0 Å². The average molecular weight is 460 g/mol. The van der Waals surface area contributed by atoms with Crippen LogP contribution >= 0.6 is 0 Å². The summed E-state index contributed by atoms with van der Waals surface area (Å²) in [5.41, 5.74) is 6.32. The van der Waals surface area contributed by atoms with Gasteiger partial charge in [-0.3, -0.25) is 4.98 Å². The van der Waals surface area contributed by atoms with E-state index in [1.165, 1.54) is 16.3 Å². The summed E-state index contributed by atoms with van der Waals surface area (Å²) in [4.78, 5) is 14.4. The molecule has 3 heteroatoms. The fourth-order valence-electron chi connectivity index (χ4n) is 5.01. The summed E-state index contributed by atoms with van der Waals surface area (Å²) >= 11 is 0. The van der Waals surface area contributed by atoms with Gasteiger partial charge >= 0.3 is 0 Å². The molecule has 7 rings (SSSR count). The molecular formula is C33H21N3. The van der Waals surface area contributed by atoms with Gasteiger partial charge in [0.1, 0.15) is 0 Å². The third-order valence-electron chi connectivity index (χ3n) is 6.79. The zero-order chi connectivity index (χ0) is 23.9. The first kappa shape index (κ1) is 20.5. The number of fused-ring (bicyclic) bond motifs is 3. The average Bonchev–Trinajstić information content (AvgIpc) is 2.96. The molecule has 2 heterocycles. The van der Waals surface area contributed by atoms with Gasteiger partial charge in [0.05, 0.1) is 11.2 Å². The first-order valence-corrected chi connectivity index (χ1v) is 12.0. The highest BCUT2D eigenvalue weighted by Crippen LogP contribution is 2.34. The van der Waals surface area contributed by atoms with Crippen LogP contribution in [0.1, 0.15) is 0 Å². The number of pyridine rings is 1. The van der Waals surface area contributed by atoms with Crippen molar-refractivity contribution < 1.29 is 0 Å². The molecule has 0 aliphatic rings. The molecule has 5 aromatic carbocycles. The predicted octanol–water partition coefficient (Wildman–Crippen LogP) is 8.33. The minimum atomic E-state index is 0.740. The van der Waals surface area contributed by atoms with Crippen molar-refractivity contribution >= 4 is 32.4 Å². The molecule has 0 N–H and O–H groups in total. The van der Waals surface area contributed by atoms with Crippen LogP contribution in [-0.2, 0) is 0 Å². The molecule has 0 bridgehead atoms. The lowest BCUT2D eigenvalue weighted by atomic mass is 9.97. The number of aromatic nitrogens is 3. The van der Waals surface area contributed by atoms with Gasteiger partial charge in [-0.2, -0.15) is 0 Å². The summed E-state index contributed by atoms with van der Waals surface area (Å²) in [5, 5.41) is 5.72. The molecule has 36 heavy (non-hydrogen) atoms. The van der Waals surface area contributed by atoms with Crippen LogP contribution in [0.25, 0.3) is 66.2 Å². The van der Waals surface area contributed by atoms with Gasteiger partial charge in [0, 0.05) is 34.3 Å². The molecule has 168 valence electrons. The van der Waals surface area contributed by atoms with Gasteiger partial charge in [0.15, 0.2) is 5.82 Å². The summed E-state index contributed by atoms with van der Waals surface area (Å²) < 4.78 is 0. The van der Waals surface area contributed by atoms with E-state index >= 15 is 0 Å². The van der Waals surface area contributed by atoms with E-state index < -0.39 is 0 Å². The third kappa shape index (κ3) is 3.41. The van der Waals surface area contributed by atoms with E-state index in [2.05, 4.69) is 108 Å². The molecule has 0 amide bonds. The minimum Gasteiger partial charge on any atom is -0.264 e. The van der Waals surface area contributed by atoms with Gasteiger partial charge in [-0.05, 0) is 39.4 Å². The topological polar surface area (TPSA) is 38.7 Å². The van der Waals surface area contributed by atoms with Crippen molar-refractivity contribution in [2.45, 2.75) is 0 Å². The maximum absolute atomic E-state index is 5.12. The minimum absolute atomic E-state index is 0.740. The summed E-state index contributed by atoms with van der Waals surface area (Å²) in [6, 6.07) is 40.0. The van der Waals surface area contributed by atoms with Crippen molar-refractivity contribution in [3.8, 4) is 33.8 Å². The maximum atomic E-state index is 5.12. The Morgan fingerprint density at radius 2 is 1.11 bits per heavy atom. The van der Waals surface area contributed by atoms with Crippen LogP contribution in [0.3, 0.4) is 0 Å². The lowest BCUT2D eigenvalue weighted by Gasteiger charge is -2.12. The second-order valence-corrected chi connectivity index (χ2v) is 8.92. The number of hydrogen-bond acceptors (Lipinski definition) is 3. The Morgan fingerprint density at radius 1 is 0.444 bits per heavy atom. The lowest BCUT2D eigenvalue weighted by Crippen LogP contribution is -1.96. The Bertz CT molecular complexity index is 1880. The van der Waals surface area contributed by atoms with E-state index in [0.29, 0.717) is 0 Å².